The highest BCUT2D eigenvalue weighted by Crippen LogP contribution is 2.13. The second-order valence-corrected chi connectivity index (χ2v) is 4.18. The molecular weight excluding hydrogens is 184 g/mol. The smallest absolute Gasteiger partial charge is 0.0912 e. The average molecular weight is 202 g/mol. The summed E-state index contributed by atoms with van der Waals surface area (Å²) in [7, 11) is 0. The quantitative estimate of drug-likeness (QED) is 0.531. The zero-order chi connectivity index (χ0) is 10.5. The van der Waals surface area contributed by atoms with E-state index in [1.54, 1.807) is 0 Å². The molecule has 15 heavy (non-hydrogen) atoms. The van der Waals surface area contributed by atoms with Gasteiger partial charge in [-0.25, -0.2) is 4.99 Å². The molecule has 0 radical (unpaired) electrons. The maximum atomic E-state index is 4.47. The summed E-state index contributed by atoms with van der Waals surface area (Å²) in [4.78, 5) is 6.78. The molecule has 0 spiro atoms. The number of likely N-dealkylation sites (tertiary alicyclic amines) is 1. The van der Waals surface area contributed by atoms with Crippen LogP contribution in [0, 0.1) is 6.92 Å². The van der Waals surface area contributed by atoms with Gasteiger partial charge in [0.2, 0.25) is 0 Å². The third-order valence-corrected chi connectivity index (χ3v) is 2.79. The van der Waals surface area contributed by atoms with Gasteiger partial charge in [0, 0.05) is 13.1 Å². The van der Waals surface area contributed by atoms with Gasteiger partial charge in [0.1, 0.15) is 0 Å². The minimum Gasteiger partial charge on any atom is -0.363 e. The first-order chi connectivity index (χ1) is 7.34. The predicted molar refractivity (Wildman–Crippen MR) is 64.8 cm³/mol. The maximum Gasteiger partial charge on any atom is 0.0912 e. The molecule has 0 bridgehead atoms. The van der Waals surface area contributed by atoms with Crippen molar-refractivity contribution in [2.45, 2.75) is 26.2 Å². The average Bonchev–Trinajstić information content (AvgIpc) is 2.30. The standard InChI is InChI=1S/C13H18N2/c1-12-5-7-13(8-6-12)14-11-15-9-3-2-4-10-15/h5-8,11H,2-4,9-10H2,1H3. The highest BCUT2D eigenvalue weighted by atomic mass is 15.1. The summed E-state index contributed by atoms with van der Waals surface area (Å²) < 4.78 is 0. The van der Waals surface area contributed by atoms with E-state index >= 15 is 0 Å². The fourth-order valence-corrected chi connectivity index (χ4v) is 1.81. The molecule has 2 nitrogen and oxygen atoms in total. The van der Waals surface area contributed by atoms with E-state index in [9.17, 15) is 0 Å². The summed E-state index contributed by atoms with van der Waals surface area (Å²) in [6.07, 6.45) is 5.97. The summed E-state index contributed by atoms with van der Waals surface area (Å²) in [5, 5.41) is 0. The van der Waals surface area contributed by atoms with Gasteiger partial charge in [-0.1, -0.05) is 17.7 Å². The molecule has 80 valence electrons. The Bertz CT molecular complexity index is 321. The van der Waals surface area contributed by atoms with Crippen LogP contribution in [-0.4, -0.2) is 24.3 Å². The highest BCUT2D eigenvalue weighted by molar-refractivity contribution is 5.61. The van der Waals surface area contributed by atoms with E-state index in [-0.39, 0.29) is 0 Å². The van der Waals surface area contributed by atoms with Gasteiger partial charge in [-0.05, 0) is 38.3 Å². The molecule has 1 aliphatic heterocycles. The number of rotatable bonds is 2. The van der Waals surface area contributed by atoms with E-state index in [1.165, 1.54) is 24.8 Å². The zero-order valence-corrected chi connectivity index (χ0v) is 9.32. The minimum atomic E-state index is 1.05. The van der Waals surface area contributed by atoms with Crippen LogP contribution in [0.1, 0.15) is 24.8 Å². The maximum absolute atomic E-state index is 4.47. The lowest BCUT2D eigenvalue weighted by Gasteiger charge is -2.23. The van der Waals surface area contributed by atoms with E-state index in [4.69, 9.17) is 0 Å². The number of hydrogen-bond acceptors (Lipinski definition) is 1. The number of aryl methyl sites for hydroxylation is 1. The molecule has 0 aliphatic carbocycles. The van der Waals surface area contributed by atoms with Crippen LogP contribution in [0.3, 0.4) is 0 Å². The topological polar surface area (TPSA) is 15.6 Å². The SMILES string of the molecule is Cc1ccc(N=CN2CCCCC2)cc1. The molecular formula is C13H18N2. The van der Waals surface area contributed by atoms with Crippen molar-refractivity contribution in [1.82, 2.24) is 4.90 Å². The van der Waals surface area contributed by atoms with Crippen LogP contribution in [0.4, 0.5) is 5.69 Å². The molecule has 2 heteroatoms. The molecule has 1 aliphatic rings. The monoisotopic (exact) mass is 202 g/mol. The van der Waals surface area contributed by atoms with Crippen molar-refractivity contribution >= 4 is 12.0 Å². The van der Waals surface area contributed by atoms with Gasteiger partial charge in [0.25, 0.3) is 0 Å². The molecule has 0 atom stereocenters. The summed E-state index contributed by atoms with van der Waals surface area (Å²) in [6.45, 7) is 4.42. The molecule has 1 aromatic rings. The summed E-state index contributed by atoms with van der Waals surface area (Å²) in [6, 6.07) is 8.33. The van der Waals surface area contributed by atoms with Crippen molar-refractivity contribution < 1.29 is 0 Å². The van der Waals surface area contributed by atoms with Crippen LogP contribution in [-0.2, 0) is 0 Å². The first kappa shape index (κ1) is 10.2. The zero-order valence-electron chi connectivity index (χ0n) is 9.32. The van der Waals surface area contributed by atoms with E-state index in [1.807, 2.05) is 6.34 Å². The Balaban J connectivity index is 1.95. The summed E-state index contributed by atoms with van der Waals surface area (Å²) in [5.74, 6) is 0. The van der Waals surface area contributed by atoms with Gasteiger partial charge in [-0.2, -0.15) is 0 Å². The van der Waals surface area contributed by atoms with Crippen molar-refractivity contribution in [3.05, 3.63) is 29.8 Å². The third kappa shape index (κ3) is 3.08. The van der Waals surface area contributed by atoms with Crippen molar-refractivity contribution in [2.75, 3.05) is 13.1 Å². The van der Waals surface area contributed by atoms with Crippen LogP contribution in [0.25, 0.3) is 0 Å². The lowest BCUT2D eigenvalue weighted by Crippen LogP contribution is -2.27. The van der Waals surface area contributed by atoms with Gasteiger partial charge in [-0.15, -0.1) is 0 Å². The van der Waals surface area contributed by atoms with Gasteiger partial charge < -0.3 is 4.90 Å². The fraction of sp³-hybridized carbons (Fsp3) is 0.462. The van der Waals surface area contributed by atoms with E-state index in [2.05, 4.69) is 41.1 Å². The third-order valence-electron chi connectivity index (χ3n) is 2.79. The normalized spacial score (nSPS) is 17.3. The van der Waals surface area contributed by atoms with Gasteiger partial charge in [-0.3, -0.25) is 0 Å². The Labute approximate surface area is 91.6 Å². The van der Waals surface area contributed by atoms with Crippen LogP contribution in [0.15, 0.2) is 29.3 Å². The lowest BCUT2D eigenvalue weighted by molar-refractivity contribution is 0.351. The Hall–Kier alpha value is -1.31. The van der Waals surface area contributed by atoms with Crippen LogP contribution >= 0.6 is 0 Å². The first-order valence-electron chi connectivity index (χ1n) is 5.69. The lowest BCUT2D eigenvalue weighted by atomic mass is 10.1. The molecule has 0 amide bonds. The Kier molecular flexibility index (Phi) is 3.38. The molecule has 2 rings (SSSR count). The minimum absolute atomic E-state index is 1.05. The largest absolute Gasteiger partial charge is 0.363 e. The second-order valence-electron chi connectivity index (χ2n) is 4.18. The Morgan fingerprint density at radius 1 is 1.07 bits per heavy atom. The molecule has 1 aromatic carbocycles. The Morgan fingerprint density at radius 3 is 2.40 bits per heavy atom. The predicted octanol–water partition coefficient (Wildman–Crippen LogP) is 3.14. The molecule has 0 aromatic heterocycles. The van der Waals surface area contributed by atoms with Crippen molar-refractivity contribution in [3.8, 4) is 0 Å². The Morgan fingerprint density at radius 2 is 1.73 bits per heavy atom. The number of benzene rings is 1. The molecule has 0 N–H and O–H groups in total. The van der Waals surface area contributed by atoms with E-state index < -0.39 is 0 Å². The van der Waals surface area contributed by atoms with E-state index in [0.29, 0.717) is 0 Å². The molecule has 1 saturated heterocycles. The second kappa shape index (κ2) is 4.96. The van der Waals surface area contributed by atoms with Crippen LogP contribution < -0.4 is 0 Å². The number of aliphatic imine (C=N–C) groups is 1. The van der Waals surface area contributed by atoms with Gasteiger partial charge in [0.15, 0.2) is 0 Å². The van der Waals surface area contributed by atoms with Crippen molar-refractivity contribution in [2.24, 2.45) is 4.99 Å². The molecule has 1 heterocycles. The van der Waals surface area contributed by atoms with E-state index in [0.717, 1.165) is 18.8 Å². The number of hydrogen-bond donors (Lipinski definition) is 0. The molecule has 1 fully saturated rings. The molecule has 0 saturated carbocycles. The summed E-state index contributed by atoms with van der Waals surface area (Å²) >= 11 is 0. The number of nitrogens with zero attached hydrogens (tertiary/aromatic N) is 2. The first-order valence-corrected chi connectivity index (χ1v) is 5.69. The van der Waals surface area contributed by atoms with Crippen molar-refractivity contribution in [3.63, 3.8) is 0 Å². The highest BCUT2D eigenvalue weighted by Gasteiger charge is 2.05. The van der Waals surface area contributed by atoms with Crippen molar-refractivity contribution in [1.29, 1.82) is 0 Å². The molecule has 0 unspecified atom stereocenters. The summed E-state index contributed by atoms with van der Waals surface area (Å²) in [5.41, 5.74) is 2.33. The van der Waals surface area contributed by atoms with Gasteiger partial charge in [0.05, 0.1) is 12.0 Å². The fourth-order valence-electron chi connectivity index (χ4n) is 1.81. The van der Waals surface area contributed by atoms with Crippen LogP contribution in [0.5, 0.6) is 0 Å². The number of piperidine rings is 1. The van der Waals surface area contributed by atoms with Gasteiger partial charge >= 0.3 is 0 Å². The van der Waals surface area contributed by atoms with Crippen LogP contribution in [0.2, 0.25) is 0 Å².